The fraction of sp³-hybridized carbons (Fsp3) is 0.684. The maximum Gasteiger partial charge on any atom is 0.328 e. The van der Waals surface area contributed by atoms with E-state index in [2.05, 4.69) is 20.9 Å². The third kappa shape index (κ3) is 13.7. The summed E-state index contributed by atoms with van der Waals surface area (Å²) in [6, 6.07) is -5.31. The molecule has 0 bridgehead atoms. The maximum absolute atomic E-state index is 12.8. The number of guanidine groups is 1. The Balaban J connectivity index is 5.34. The molecule has 0 aromatic rings. The van der Waals surface area contributed by atoms with Gasteiger partial charge in [-0.25, -0.2) is 4.79 Å². The number of aliphatic hydroxyl groups excluding tert-OH is 1. The number of amides is 4. The summed E-state index contributed by atoms with van der Waals surface area (Å²) in [5.41, 5.74) is 26.9. The number of hydrogen-bond acceptors (Lipinski definition) is 9. The summed E-state index contributed by atoms with van der Waals surface area (Å²) >= 11 is 0. The van der Waals surface area contributed by atoms with Crippen molar-refractivity contribution in [3.05, 3.63) is 0 Å². The number of rotatable bonds is 18. The molecular weight excluding hydrogens is 466 g/mol. The van der Waals surface area contributed by atoms with Crippen LogP contribution in [0.5, 0.6) is 0 Å². The topological polar surface area (TPSA) is 304 Å². The van der Waals surface area contributed by atoms with Gasteiger partial charge in [0.25, 0.3) is 0 Å². The van der Waals surface area contributed by atoms with E-state index in [0.717, 1.165) is 0 Å². The number of aliphatic imine (C=N–C) groups is 1. The van der Waals surface area contributed by atoms with Gasteiger partial charge in [0.2, 0.25) is 23.6 Å². The summed E-state index contributed by atoms with van der Waals surface area (Å²) in [6.45, 7) is -0.316. The van der Waals surface area contributed by atoms with Crippen LogP contribution in [0, 0.1) is 0 Å². The van der Waals surface area contributed by atoms with E-state index < -0.39 is 66.8 Å². The van der Waals surface area contributed by atoms with E-state index in [-0.39, 0.29) is 25.3 Å². The SMILES string of the molecule is NCCCCC(NC(=O)C(CC(N)=O)NC(=O)C(N)CCCN=C(N)N)C(=O)NC(CO)C(=O)O. The van der Waals surface area contributed by atoms with E-state index >= 15 is 0 Å². The van der Waals surface area contributed by atoms with Crippen molar-refractivity contribution in [2.24, 2.45) is 33.7 Å². The molecule has 0 aromatic carbocycles. The zero-order valence-corrected chi connectivity index (χ0v) is 19.4. The molecule has 0 radical (unpaired) electrons. The first-order chi connectivity index (χ1) is 16.4. The van der Waals surface area contributed by atoms with Crippen molar-refractivity contribution in [1.82, 2.24) is 16.0 Å². The Hall–Kier alpha value is -3.50. The molecule has 16 heteroatoms. The summed E-state index contributed by atoms with van der Waals surface area (Å²) in [7, 11) is 0. The van der Waals surface area contributed by atoms with Crippen LogP contribution >= 0.6 is 0 Å². The summed E-state index contributed by atoms with van der Waals surface area (Å²) < 4.78 is 0. The van der Waals surface area contributed by atoms with E-state index in [9.17, 15) is 24.0 Å². The predicted octanol–water partition coefficient (Wildman–Crippen LogP) is -5.10. The summed E-state index contributed by atoms with van der Waals surface area (Å²) in [6.07, 6.45) is 0.961. The van der Waals surface area contributed by atoms with E-state index in [4.69, 9.17) is 38.9 Å². The Morgan fingerprint density at radius 2 is 1.37 bits per heavy atom. The minimum absolute atomic E-state index is 0.0775. The Bertz CT molecular complexity index is 759. The van der Waals surface area contributed by atoms with Crippen molar-refractivity contribution in [3.63, 3.8) is 0 Å². The minimum atomic E-state index is -1.59. The molecule has 0 saturated carbocycles. The lowest BCUT2D eigenvalue weighted by Crippen LogP contribution is -2.58. The lowest BCUT2D eigenvalue weighted by atomic mass is 10.1. The van der Waals surface area contributed by atoms with Gasteiger partial charge in [-0.15, -0.1) is 0 Å². The second-order valence-electron chi connectivity index (χ2n) is 7.71. The number of unbranched alkanes of at least 4 members (excludes halogenated alkanes) is 1. The Morgan fingerprint density at radius 1 is 0.800 bits per heavy atom. The first-order valence-electron chi connectivity index (χ1n) is 11.0. The number of aliphatic hydroxyl groups is 1. The number of carbonyl (C=O) groups excluding carboxylic acids is 4. The van der Waals surface area contributed by atoms with Gasteiger partial charge in [-0.1, -0.05) is 0 Å². The maximum atomic E-state index is 12.8. The van der Waals surface area contributed by atoms with Gasteiger partial charge in [0.05, 0.1) is 19.1 Å². The molecule has 0 fully saturated rings. The number of aliphatic carboxylic acids is 1. The molecule has 4 unspecified atom stereocenters. The van der Waals surface area contributed by atoms with Crippen LogP contribution in [-0.2, 0) is 24.0 Å². The van der Waals surface area contributed by atoms with E-state index in [0.29, 0.717) is 25.8 Å². The van der Waals surface area contributed by atoms with Crippen LogP contribution in [0.25, 0.3) is 0 Å². The molecule has 0 spiro atoms. The van der Waals surface area contributed by atoms with E-state index in [1.165, 1.54) is 0 Å². The standard InChI is InChI=1S/C19H37N9O7/c20-6-2-1-5-11(16(32)28-13(9-29)18(34)35)26-17(33)12(8-14(22)30)27-15(31)10(21)4-3-7-25-19(23)24/h10-13,29H,1-9,20-21H2,(H2,22,30)(H,26,33)(H,27,31)(H,28,32)(H,34,35)(H4,23,24,25). The normalized spacial score (nSPS) is 14.0. The number of carboxylic acid groups (broad SMARTS) is 1. The highest BCUT2D eigenvalue weighted by molar-refractivity contribution is 5.96. The van der Waals surface area contributed by atoms with Crippen LogP contribution in [0.3, 0.4) is 0 Å². The second-order valence-corrected chi connectivity index (χ2v) is 7.71. The van der Waals surface area contributed by atoms with Gasteiger partial charge in [-0.05, 0) is 38.6 Å². The van der Waals surface area contributed by atoms with Gasteiger partial charge < -0.3 is 54.8 Å². The van der Waals surface area contributed by atoms with Gasteiger partial charge in [-0.2, -0.15) is 0 Å². The molecule has 15 N–H and O–H groups in total. The van der Waals surface area contributed by atoms with Gasteiger partial charge in [0.15, 0.2) is 5.96 Å². The number of primary amides is 1. The highest BCUT2D eigenvalue weighted by Crippen LogP contribution is 2.05. The molecule has 0 aliphatic carbocycles. The summed E-state index contributed by atoms with van der Waals surface area (Å²) in [4.78, 5) is 64.1. The fourth-order valence-electron chi connectivity index (χ4n) is 2.83. The average molecular weight is 504 g/mol. The van der Waals surface area contributed by atoms with Crippen LogP contribution in [0.1, 0.15) is 38.5 Å². The van der Waals surface area contributed by atoms with Gasteiger partial charge in [0, 0.05) is 6.54 Å². The lowest BCUT2D eigenvalue weighted by Gasteiger charge is -2.24. The van der Waals surface area contributed by atoms with E-state index in [1.807, 2.05) is 0 Å². The largest absolute Gasteiger partial charge is 0.480 e. The monoisotopic (exact) mass is 503 g/mol. The molecule has 16 nitrogen and oxygen atoms in total. The number of nitrogens with two attached hydrogens (primary N) is 5. The molecule has 0 saturated heterocycles. The highest BCUT2D eigenvalue weighted by atomic mass is 16.4. The third-order valence-electron chi connectivity index (χ3n) is 4.72. The molecule has 0 aliphatic heterocycles. The first kappa shape index (κ1) is 31.5. The summed E-state index contributed by atoms with van der Waals surface area (Å²) in [5, 5.41) is 25.0. The molecule has 4 amide bonds. The Morgan fingerprint density at radius 3 is 1.89 bits per heavy atom. The third-order valence-corrected chi connectivity index (χ3v) is 4.72. The number of nitrogens with zero attached hydrogens (tertiary/aromatic N) is 1. The number of carbonyl (C=O) groups is 5. The molecule has 200 valence electrons. The fourth-order valence-corrected chi connectivity index (χ4v) is 2.83. The van der Waals surface area contributed by atoms with Crippen molar-refractivity contribution in [1.29, 1.82) is 0 Å². The van der Waals surface area contributed by atoms with Crippen molar-refractivity contribution in [2.75, 3.05) is 19.7 Å². The van der Waals surface area contributed by atoms with Crippen LogP contribution in [0.2, 0.25) is 0 Å². The zero-order chi connectivity index (χ0) is 27.0. The smallest absolute Gasteiger partial charge is 0.328 e. The van der Waals surface area contributed by atoms with E-state index in [1.54, 1.807) is 0 Å². The van der Waals surface area contributed by atoms with Gasteiger partial charge in [0.1, 0.15) is 18.1 Å². The number of hydrogen-bond donors (Lipinski definition) is 10. The highest BCUT2D eigenvalue weighted by Gasteiger charge is 2.30. The number of nitrogens with one attached hydrogen (secondary N) is 3. The van der Waals surface area contributed by atoms with Crippen molar-refractivity contribution in [2.45, 2.75) is 62.7 Å². The molecule has 35 heavy (non-hydrogen) atoms. The quantitative estimate of drug-likeness (QED) is 0.0479. The van der Waals surface area contributed by atoms with Crippen molar-refractivity contribution in [3.8, 4) is 0 Å². The van der Waals surface area contributed by atoms with Gasteiger partial charge in [-0.3, -0.25) is 24.2 Å². The predicted molar refractivity (Wildman–Crippen MR) is 125 cm³/mol. The average Bonchev–Trinajstić information content (AvgIpc) is 2.77. The van der Waals surface area contributed by atoms with Crippen LogP contribution in [0.4, 0.5) is 0 Å². The van der Waals surface area contributed by atoms with Crippen LogP contribution in [-0.4, -0.2) is 89.6 Å². The minimum Gasteiger partial charge on any atom is -0.480 e. The Labute approximate surface area is 202 Å². The van der Waals surface area contributed by atoms with Crippen LogP contribution in [0.15, 0.2) is 4.99 Å². The molecule has 0 aromatic heterocycles. The lowest BCUT2D eigenvalue weighted by molar-refractivity contribution is -0.143. The van der Waals surface area contributed by atoms with Crippen molar-refractivity contribution >= 4 is 35.6 Å². The summed E-state index contributed by atoms with van der Waals surface area (Å²) in [5.74, 6) is -5.01. The molecule has 4 atom stereocenters. The zero-order valence-electron chi connectivity index (χ0n) is 19.4. The van der Waals surface area contributed by atoms with Crippen molar-refractivity contribution < 1.29 is 34.2 Å². The molecular formula is C19H37N9O7. The van der Waals surface area contributed by atoms with Crippen LogP contribution < -0.4 is 44.6 Å². The Kier molecular flexibility index (Phi) is 15.3. The number of carboxylic acids is 1. The van der Waals surface area contributed by atoms with Gasteiger partial charge >= 0.3 is 5.97 Å². The second kappa shape index (κ2) is 17.0. The molecule has 0 rings (SSSR count). The molecule has 0 heterocycles. The molecule has 0 aliphatic rings. The first-order valence-corrected chi connectivity index (χ1v) is 11.0.